The van der Waals surface area contributed by atoms with Crippen LogP contribution in [0.25, 0.3) is 0 Å². The molecule has 2 aliphatic rings. The summed E-state index contributed by atoms with van der Waals surface area (Å²) in [4.78, 5) is 39.7. The number of amides is 2. The molecule has 1 N–H and O–H groups in total. The molecule has 0 radical (unpaired) electrons. The maximum Gasteiger partial charge on any atom is 0.328 e. The Bertz CT molecular complexity index is 687. The van der Waals surface area contributed by atoms with E-state index in [-0.39, 0.29) is 30.8 Å². The molecule has 2 saturated heterocycles. The number of hydrogen-bond donors (Lipinski definition) is 1. The summed E-state index contributed by atoms with van der Waals surface area (Å²) in [5.41, 5.74) is 0. The summed E-state index contributed by atoms with van der Waals surface area (Å²) in [5.74, 6) is -0.687. The lowest BCUT2D eigenvalue weighted by Crippen LogP contribution is -2.55. The van der Waals surface area contributed by atoms with Crippen molar-refractivity contribution in [3.8, 4) is 5.75 Å². The molecule has 1 atom stereocenters. The van der Waals surface area contributed by atoms with E-state index in [1.54, 1.807) is 4.90 Å². The van der Waals surface area contributed by atoms with Gasteiger partial charge >= 0.3 is 5.97 Å². The van der Waals surface area contributed by atoms with Crippen LogP contribution in [0.1, 0.15) is 19.3 Å². The molecule has 8 heteroatoms. The first-order valence-corrected chi connectivity index (χ1v) is 9.63. The average Bonchev–Trinajstić information content (AvgIpc) is 2.74. The smallest absolute Gasteiger partial charge is 0.328 e. The van der Waals surface area contributed by atoms with Gasteiger partial charge in [0.05, 0.1) is 26.2 Å². The molecular formula is C20H26N2O6. The van der Waals surface area contributed by atoms with Crippen molar-refractivity contribution in [3.05, 3.63) is 30.3 Å². The molecule has 1 unspecified atom stereocenters. The number of hydrogen-bond acceptors (Lipinski definition) is 5. The first-order valence-electron chi connectivity index (χ1n) is 9.63. The van der Waals surface area contributed by atoms with E-state index >= 15 is 0 Å². The second-order valence-electron chi connectivity index (χ2n) is 7.03. The summed E-state index contributed by atoms with van der Waals surface area (Å²) in [5, 5.41) is 9.30. The first kappa shape index (κ1) is 20.1. The molecule has 8 nitrogen and oxygen atoms in total. The number of piperidine rings is 1. The molecular weight excluding hydrogens is 364 g/mol. The average molecular weight is 390 g/mol. The number of carbonyl (C=O) groups is 3. The number of nitrogens with zero attached hydrogens (tertiary/aromatic N) is 2. The third kappa shape index (κ3) is 5.01. The SMILES string of the molecule is O=C(O)C1COCCN1C(=O)C1CCN(C(=O)CCOc2ccccc2)CC1. The standard InChI is InChI=1S/C20H26N2O6/c23-18(8-12-28-16-4-2-1-3-5-16)21-9-6-15(7-10-21)19(24)22-11-13-27-14-17(22)20(25)26/h1-5,15,17H,6-14H2,(H,25,26). The van der Waals surface area contributed by atoms with Gasteiger partial charge in [0.1, 0.15) is 5.75 Å². The van der Waals surface area contributed by atoms with Crippen molar-refractivity contribution < 1.29 is 29.0 Å². The molecule has 3 rings (SSSR count). The van der Waals surface area contributed by atoms with E-state index in [1.165, 1.54) is 4.90 Å². The lowest BCUT2D eigenvalue weighted by Gasteiger charge is -2.38. The summed E-state index contributed by atoms with van der Waals surface area (Å²) in [6.07, 6.45) is 1.39. The van der Waals surface area contributed by atoms with Gasteiger partial charge in [0.15, 0.2) is 6.04 Å². The molecule has 2 fully saturated rings. The van der Waals surface area contributed by atoms with E-state index in [4.69, 9.17) is 9.47 Å². The van der Waals surface area contributed by atoms with Crippen LogP contribution >= 0.6 is 0 Å². The largest absolute Gasteiger partial charge is 0.493 e. The fourth-order valence-corrected chi connectivity index (χ4v) is 3.61. The van der Waals surface area contributed by atoms with Crippen LogP contribution in [0.4, 0.5) is 0 Å². The monoisotopic (exact) mass is 390 g/mol. The molecule has 0 spiro atoms. The Labute approximate surface area is 164 Å². The number of rotatable bonds is 6. The fraction of sp³-hybridized carbons (Fsp3) is 0.550. The molecule has 2 amide bonds. The van der Waals surface area contributed by atoms with Crippen molar-refractivity contribution in [3.63, 3.8) is 0 Å². The molecule has 1 aromatic carbocycles. The third-order valence-electron chi connectivity index (χ3n) is 5.22. The Balaban J connectivity index is 1.43. The molecule has 28 heavy (non-hydrogen) atoms. The number of para-hydroxylation sites is 1. The first-order chi connectivity index (χ1) is 13.6. The van der Waals surface area contributed by atoms with E-state index in [1.807, 2.05) is 30.3 Å². The molecule has 152 valence electrons. The second kappa shape index (κ2) is 9.54. The topological polar surface area (TPSA) is 96.4 Å². The molecule has 0 saturated carbocycles. The number of benzene rings is 1. The minimum atomic E-state index is -1.04. The number of morpholine rings is 1. The summed E-state index contributed by atoms with van der Waals surface area (Å²) in [6, 6.07) is 8.43. The highest BCUT2D eigenvalue weighted by Gasteiger charge is 2.37. The number of carboxylic acid groups (broad SMARTS) is 1. The van der Waals surface area contributed by atoms with E-state index in [0.29, 0.717) is 45.7 Å². The van der Waals surface area contributed by atoms with Gasteiger partial charge < -0.3 is 24.4 Å². The minimum absolute atomic E-state index is 0.0108. The normalized spacial score (nSPS) is 20.6. The van der Waals surface area contributed by atoms with Crippen LogP contribution in [0, 0.1) is 5.92 Å². The third-order valence-corrected chi connectivity index (χ3v) is 5.22. The lowest BCUT2D eigenvalue weighted by atomic mass is 9.94. The zero-order valence-corrected chi connectivity index (χ0v) is 15.8. The van der Waals surface area contributed by atoms with Gasteiger partial charge in [-0.05, 0) is 25.0 Å². The molecule has 0 aromatic heterocycles. The number of likely N-dealkylation sites (tertiary alicyclic amines) is 1. The van der Waals surface area contributed by atoms with E-state index in [9.17, 15) is 19.5 Å². The Morgan fingerprint density at radius 3 is 2.50 bits per heavy atom. The Morgan fingerprint density at radius 2 is 1.82 bits per heavy atom. The van der Waals surface area contributed by atoms with Gasteiger partial charge in [-0.3, -0.25) is 9.59 Å². The minimum Gasteiger partial charge on any atom is -0.493 e. The highest BCUT2D eigenvalue weighted by Crippen LogP contribution is 2.22. The lowest BCUT2D eigenvalue weighted by molar-refractivity contribution is -0.161. The van der Waals surface area contributed by atoms with Gasteiger partial charge in [-0.25, -0.2) is 4.79 Å². The maximum atomic E-state index is 12.8. The maximum absolute atomic E-state index is 12.8. The Kier molecular flexibility index (Phi) is 6.86. The molecule has 0 aliphatic carbocycles. The van der Waals surface area contributed by atoms with Crippen molar-refractivity contribution in [2.75, 3.05) is 39.5 Å². The zero-order chi connectivity index (χ0) is 19.9. The van der Waals surface area contributed by atoms with Crippen molar-refractivity contribution in [2.45, 2.75) is 25.3 Å². The van der Waals surface area contributed by atoms with Crippen molar-refractivity contribution in [1.29, 1.82) is 0 Å². The van der Waals surface area contributed by atoms with Gasteiger partial charge in [0.25, 0.3) is 0 Å². The summed E-state index contributed by atoms with van der Waals surface area (Å²) in [7, 11) is 0. The summed E-state index contributed by atoms with van der Waals surface area (Å²) < 4.78 is 10.8. The van der Waals surface area contributed by atoms with Crippen LogP contribution in [0.5, 0.6) is 5.75 Å². The van der Waals surface area contributed by atoms with Crippen LogP contribution < -0.4 is 4.74 Å². The van der Waals surface area contributed by atoms with Crippen molar-refractivity contribution >= 4 is 17.8 Å². The number of carbonyl (C=O) groups excluding carboxylic acids is 2. The van der Waals surface area contributed by atoms with Gasteiger partial charge in [-0.1, -0.05) is 18.2 Å². The Hall–Kier alpha value is -2.61. The van der Waals surface area contributed by atoms with Crippen LogP contribution in [-0.2, 0) is 19.1 Å². The highest BCUT2D eigenvalue weighted by atomic mass is 16.5. The van der Waals surface area contributed by atoms with Gasteiger partial charge in [-0.2, -0.15) is 0 Å². The summed E-state index contributed by atoms with van der Waals surface area (Å²) >= 11 is 0. The van der Waals surface area contributed by atoms with Gasteiger partial charge in [0, 0.05) is 25.6 Å². The zero-order valence-electron chi connectivity index (χ0n) is 15.8. The van der Waals surface area contributed by atoms with Gasteiger partial charge in [-0.15, -0.1) is 0 Å². The predicted molar refractivity (Wildman–Crippen MR) is 99.8 cm³/mol. The molecule has 1 aromatic rings. The van der Waals surface area contributed by atoms with Crippen LogP contribution in [0.2, 0.25) is 0 Å². The molecule has 2 heterocycles. The molecule has 0 bridgehead atoms. The molecule has 2 aliphatic heterocycles. The summed E-state index contributed by atoms with van der Waals surface area (Å²) in [6.45, 7) is 2.00. The van der Waals surface area contributed by atoms with E-state index in [0.717, 1.165) is 5.75 Å². The quantitative estimate of drug-likeness (QED) is 0.779. The number of ether oxygens (including phenoxy) is 2. The van der Waals surface area contributed by atoms with Crippen molar-refractivity contribution in [1.82, 2.24) is 9.80 Å². The number of carboxylic acids is 1. The highest BCUT2D eigenvalue weighted by molar-refractivity contribution is 5.85. The van der Waals surface area contributed by atoms with Crippen LogP contribution in [0.15, 0.2) is 30.3 Å². The number of aliphatic carboxylic acids is 1. The second-order valence-corrected chi connectivity index (χ2v) is 7.03. The fourth-order valence-electron chi connectivity index (χ4n) is 3.61. The van der Waals surface area contributed by atoms with Crippen molar-refractivity contribution in [2.24, 2.45) is 5.92 Å². The van der Waals surface area contributed by atoms with Gasteiger partial charge in [0.2, 0.25) is 11.8 Å². The van der Waals surface area contributed by atoms with E-state index < -0.39 is 12.0 Å². The Morgan fingerprint density at radius 1 is 1.11 bits per heavy atom. The van der Waals surface area contributed by atoms with E-state index in [2.05, 4.69) is 0 Å². The predicted octanol–water partition coefficient (Wildman–Crippen LogP) is 1.01. The van der Waals surface area contributed by atoms with Crippen LogP contribution in [-0.4, -0.2) is 78.2 Å². The van der Waals surface area contributed by atoms with Crippen LogP contribution in [0.3, 0.4) is 0 Å².